The van der Waals surface area contributed by atoms with E-state index >= 15 is 0 Å². The van der Waals surface area contributed by atoms with Crippen LogP contribution in [0.4, 0.5) is 0 Å². The lowest BCUT2D eigenvalue weighted by molar-refractivity contribution is 0.254. The first-order valence-corrected chi connectivity index (χ1v) is 6.96. The molecule has 0 rings (SSSR count). The minimum Gasteiger partial charge on any atom is -0.0651 e. The van der Waals surface area contributed by atoms with Gasteiger partial charge in [0.15, 0.2) is 0 Å². The summed E-state index contributed by atoms with van der Waals surface area (Å²) in [6, 6.07) is 0. The molecule has 0 saturated heterocycles. The van der Waals surface area contributed by atoms with E-state index in [1.54, 1.807) is 0 Å². The van der Waals surface area contributed by atoms with Gasteiger partial charge in [-0.25, -0.2) is 0 Å². The normalized spacial score (nSPS) is 16.1. The topological polar surface area (TPSA) is 0 Å². The average Bonchev–Trinajstić information content (AvgIpc) is 2.13. The molecule has 0 saturated carbocycles. The highest BCUT2D eigenvalue weighted by Gasteiger charge is 2.17. The molecule has 16 heavy (non-hydrogen) atoms. The minimum absolute atomic E-state index is 0.509. The van der Waals surface area contributed by atoms with Crippen molar-refractivity contribution in [3.63, 3.8) is 0 Å². The van der Waals surface area contributed by atoms with Crippen LogP contribution in [0, 0.1) is 22.7 Å². The first-order valence-electron chi connectivity index (χ1n) is 6.96. The van der Waals surface area contributed by atoms with Crippen molar-refractivity contribution >= 4 is 0 Å². The maximum Gasteiger partial charge on any atom is -0.0357 e. The molecule has 2 atom stereocenters. The Hall–Kier alpha value is 0. The van der Waals surface area contributed by atoms with Gasteiger partial charge in [-0.05, 0) is 22.7 Å². The Morgan fingerprint density at radius 1 is 0.625 bits per heavy atom. The molecule has 0 aromatic heterocycles. The van der Waals surface area contributed by atoms with Crippen LogP contribution in [0.1, 0.15) is 82.1 Å². The van der Waals surface area contributed by atoms with Gasteiger partial charge >= 0.3 is 0 Å². The molecule has 0 aliphatic rings. The van der Waals surface area contributed by atoms with Gasteiger partial charge in [-0.1, -0.05) is 82.1 Å². The van der Waals surface area contributed by atoms with Crippen molar-refractivity contribution in [3.8, 4) is 0 Å². The van der Waals surface area contributed by atoms with E-state index in [1.807, 2.05) is 0 Å². The monoisotopic (exact) mass is 228 g/mol. The van der Waals surface area contributed by atoms with Gasteiger partial charge in [0.2, 0.25) is 0 Å². The van der Waals surface area contributed by atoms with E-state index in [0.29, 0.717) is 10.8 Å². The van der Waals surface area contributed by atoms with Gasteiger partial charge < -0.3 is 0 Å². The Morgan fingerprint density at radius 3 is 0.812 bits per heavy atom. The third-order valence-electron chi connectivity index (χ3n) is 4.18. The first-order chi connectivity index (χ1) is 6.96. The summed E-state index contributed by atoms with van der Waals surface area (Å²) in [5, 5.41) is 0. The van der Waals surface area contributed by atoms with Crippen LogP contribution in [0.15, 0.2) is 0 Å². The van der Waals surface area contributed by atoms with Crippen LogP contribution < -0.4 is 0 Å². The predicted molar refractivity (Wildman–Crippen MR) is 77.8 cm³/mol. The number of hydrogen-bond donors (Lipinski definition) is 0. The molecule has 0 aliphatic heterocycles. The molecule has 0 spiro atoms. The Labute approximate surface area is 105 Å². The fourth-order valence-electron chi connectivity index (χ4n) is 1.22. The second-order valence-corrected chi connectivity index (χ2v) is 7.35. The van der Waals surface area contributed by atoms with E-state index in [1.165, 1.54) is 12.8 Å². The Bertz CT molecular complexity index is 134. The van der Waals surface area contributed by atoms with Crippen molar-refractivity contribution in [1.82, 2.24) is 0 Å². The Balaban J connectivity index is 0. The molecule has 0 fully saturated rings. The quantitative estimate of drug-likeness (QED) is 0.531. The average molecular weight is 228 g/mol. The van der Waals surface area contributed by atoms with Gasteiger partial charge in [0.1, 0.15) is 0 Å². The third-order valence-corrected chi connectivity index (χ3v) is 4.18. The molecule has 0 amide bonds. The van der Waals surface area contributed by atoms with E-state index in [-0.39, 0.29) is 0 Å². The summed E-state index contributed by atoms with van der Waals surface area (Å²) < 4.78 is 0. The SMILES string of the molecule is CCC(C)C(C)(C)C.CCC(C)C(C)(C)C. The second-order valence-electron chi connectivity index (χ2n) is 7.35. The molecular weight excluding hydrogens is 192 g/mol. The van der Waals surface area contributed by atoms with Crippen LogP contribution in [0.3, 0.4) is 0 Å². The van der Waals surface area contributed by atoms with E-state index < -0.39 is 0 Å². The van der Waals surface area contributed by atoms with Crippen LogP contribution in [0.2, 0.25) is 0 Å². The lowest BCUT2D eigenvalue weighted by atomic mass is 9.81. The van der Waals surface area contributed by atoms with E-state index in [4.69, 9.17) is 0 Å². The van der Waals surface area contributed by atoms with Crippen molar-refractivity contribution in [1.29, 1.82) is 0 Å². The maximum atomic E-state index is 2.31. The summed E-state index contributed by atoms with van der Waals surface area (Å²) in [6.45, 7) is 22.9. The molecule has 100 valence electrons. The summed E-state index contributed by atoms with van der Waals surface area (Å²) in [4.78, 5) is 0. The van der Waals surface area contributed by atoms with Crippen molar-refractivity contribution in [2.75, 3.05) is 0 Å². The van der Waals surface area contributed by atoms with Gasteiger partial charge in [0.25, 0.3) is 0 Å². The zero-order valence-electron chi connectivity index (χ0n) is 13.6. The van der Waals surface area contributed by atoms with Crippen LogP contribution in [0.25, 0.3) is 0 Å². The highest BCUT2D eigenvalue weighted by atomic mass is 14.2. The summed E-state index contributed by atoms with van der Waals surface area (Å²) in [7, 11) is 0. The summed E-state index contributed by atoms with van der Waals surface area (Å²) in [5.74, 6) is 1.70. The first kappa shape index (κ1) is 18.4. The van der Waals surface area contributed by atoms with E-state index in [0.717, 1.165) is 11.8 Å². The van der Waals surface area contributed by atoms with Crippen LogP contribution in [0.5, 0.6) is 0 Å². The molecule has 2 unspecified atom stereocenters. The number of hydrogen-bond acceptors (Lipinski definition) is 0. The molecular formula is C16H36. The minimum atomic E-state index is 0.509. The molecule has 0 bridgehead atoms. The highest BCUT2D eigenvalue weighted by Crippen LogP contribution is 2.27. The smallest absolute Gasteiger partial charge is 0.0357 e. The molecule has 0 N–H and O–H groups in total. The predicted octanol–water partition coefficient (Wildman–Crippen LogP) is 6.16. The molecule has 0 radical (unpaired) electrons. The Kier molecular flexibility index (Phi) is 8.44. The van der Waals surface area contributed by atoms with E-state index in [9.17, 15) is 0 Å². The van der Waals surface area contributed by atoms with Crippen molar-refractivity contribution in [3.05, 3.63) is 0 Å². The fraction of sp³-hybridized carbons (Fsp3) is 1.00. The molecule has 0 aromatic carbocycles. The maximum absolute atomic E-state index is 2.31. The van der Waals surface area contributed by atoms with Crippen LogP contribution in [-0.4, -0.2) is 0 Å². The van der Waals surface area contributed by atoms with Crippen molar-refractivity contribution in [2.45, 2.75) is 82.1 Å². The zero-order valence-corrected chi connectivity index (χ0v) is 13.6. The van der Waals surface area contributed by atoms with Gasteiger partial charge in [0, 0.05) is 0 Å². The van der Waals surface area contributed by atoms with Crippen LogP contribution >= 0.6 is 0 Å². The molecule has 0 aliphatic carbocycles. The summed E-state index contributed by atoms with van der Waals surface area (Å²) >= 11 is 0. The Morgan fingerprint density at radius 2 is 0.812 bits per heavy atom. The van der Waals surface area contributed by atoms with Gasteiger partial charge in [0.05, 0.1) is 0 Å². The van der Waals surface area contributed by atoms with Gasteiger partial charge in [-0.2, -0.15) is 0 Å². The number of rotatable bonds is 2. The molecule has 0 heteroatoms. The van der Waals surface area contributed by atoms with E-state index in [2.05, 4.69) is 69.2 Å². The molecule has 0 aromatic rings. The third kappa shape index (κ3) is 9.24. The summed E-state index contributed by atoms with van der Waals surface area (Å²) in [5.41, 5.74) is 1.02. The zero-order chi connectivity index (χ0) is 13.6. The van der Waals surface area contributed by atoms with Crippen LogP contribution in [-0.2, 0) is 0 Å². The summed E-state index contributed by atoms with van der Waals surface area (Å²) in [6.07, 6.45) is 2.59. The second kappa shape index (κ2) is 7.35. The lowest BCUT2D eigenvalue weighted by Gasteiger charge is -2.25. The van der Waals surface area contributed by atoms with Crippen molar-refractivity contribution in [2.24, 2.45) is 22.7 Å². The molecule has 0 nitrogen and oxygen atoms in total. The highest BCUT2D eigenvalue weighted by molar-refractivity contribution is 4.68. The molecule has 0 heterocycles. The van der Waals surface area contributed by atoms with Crippen molar-refractivity contribution < 1.29 is 0 Å². The standard InChI is InChI=1S/2C8H18/c2*1-6-7(2)8(3,4)5/h2*7H,6H2,1-5H3. The fourth-order valence-corrected chi connectivity index (χ4v) is 1.22. The van der Waals surface area contributed by atoms with Gasteiger partial charge in [-0.15, -0.1) is 0 Å². The van der Waals surface area contributed by atoms with Gasteiger partial charge in [-0.3, -0.25) is 0 Å². The largest absolute Gasteiger partial charge is 0.0651 e. The lowest BCUT2D eigenvalue weighted by Crippen LogP contribution is -2.15.